The first-order valence-corrected chi connectivity index (χ1v) is 9.46. The Bertz CT molecular complexity index is 1250. The Balaban J connectivity index is 2.31. The number of aliphatic hydroxyl groups excluding tert-OH is 3. The molecule has 6 N–H and O–H groups in total. The lowest BCUT2D eigenvalue weighted by Crippen LogP contribution is -2.54. The number of rotatable bonds is 8. The average molecular weight is 460 g/mol. The van der Waals surface area contributed by atoms with Crippen LogP contribution < -0.4 is 10.2 Å². The van der Waals surface area contributed by atoms with Gasteiger partial charge in [0.25, 0.3) is 0 Å². The number of aliphatic hydroxyl groups is 4. The van der Waals surface area contributed by atoms with Gasteiger partial charge in [-0.3, -0.25) is 9.59 Å². The number of carbonyl (C=O) groups is 2. The number of hydrogen-bond acceptors (Lipinski definition) is 10. The molecule has 0 unspecified atom stereocenters. The lowest BCUT2D eigenvalue weighted by Gasteiger charge is -2.33. The maximum Gasteiger partial charge on any atom is 0.335 e. The quantitative estimate of drug-likeness (QED) is 0.242. The van der Waals surface area contributed by atoms with E-state index in [1.807, 2.05) is 0 Å². The Morgan fingerprint density at radius 3 is 2.33 bits per heavy atom. The molecule has 2 aromatic carbocycles. The normalized spacial score (nSPS) is 15.9. The maximum absolute atomic E-state index is 12.7. The van der Waals surface area contributed by atoms with Gasteiger partial charge in [-0.25, -0.2) is 4.79 Å². The Morgan fingerprint density at radius 2 is 1.79 bits per heavy atom. The summed E-state index contributed by atoms with van der Waals surface area (Å²) >= 11 is 0. The van der Waals surface area contributed by atoms with Crippen LogP contribution in [0.5, 0.6) is 11.5 Å². The summed E-state index contributed by atoms with van der Waals surface area (Å²) in [5.41, 5.74) is -4.33. The number of benzene rings is 2. The van der Waals surface area contributed by atoms with Crippen LogP contribution in [0.4, 0.5) is 0 Å². The number of ether oxygens (including phenoxy) is 1. The third-order valence-electron chi connectivity index (χ3n) is 5.16. The molecule has 0 bridgehead atoms. The molecule has 4 atom stereocenters. The van der Waals surface area contributed by atoms with Gasteiger partial charge in [-0.1, -0.05) is 30.3 Å². The van der Waals surface area contributed by atoms with Gasteiger partial charge in [0.15, 0.2) is 34.8 Å². The van der Waals surface area contributed by atoms with Crippen molar-refractivity contribution in [1.82, 2.24) is 0 Å². The zero-order valence-corrected chi connectivity index (χ0v) is 17.1. The smallest absolute Gasteiger partial charge is 0.335 e. The predicted octanol–water partition coefficient (Wildman–Crippen LogP) is -0.272. The van der Waals surface area contributed by atoms with E-state index >= 15 is 0 Å². The van der Waals surface area contributed by atoms with Gasteiger partial charge in [0.05, 0.1) is 7.11 Å². The molecule has 0 saturated carbocycles. The molecular weight excluding hydrogens is 440 g/mol. The van der Waals surface area contributed by atoms with Gasteiger partial charge in [0.2, 0.25) is 0 Å². The standard InChI is InChI=1S/C22H20O11/c1-32-18-11(22(31,9-23)20(28)16(26)17(27)21(29)30)7-12(24)15-13(25)8-14(33-19(15)18)10-5-3-2-4-6-10/h2-9,16-17,20,24,26-28,31H,1H3,(H,29,30)/t16-,17-,20-,22+/m0/s1. The fourth-order valence-electron chi connectivity index (χ4n) is 3.41. The monoisotopic (exact) mass is 460 g/mol. The van der Waals surface area contributed by atoms with Crippen LogP contribution in [0.25, 0.3) is 22.3 Å². The summed E-state index contributed by atoms with van der Waals surface area (Å²) in [7, 11) is 1.09. The minimum absolute atomic E-state index is 0.0551. The Labute approximate surface area is 185 Å². The lowest BCUT2D eigenvalue weighted by atomic mass is 9.83. The van der Waals surface area contributed by atoms with Crippen molar-refractivity contribution in [2.24, 2.45) is 0 Å². The molecule has 0 amide bonds. The molecule has 11 heteroatoms. The van der Waals surface area contributed by atoms with Crippen molar-refractivity contribution in [1.29, 1.82) is 0 Å². The second kappa shape index (κ2) is 9.00. The molecule has 33 heavy (non-hydrogen) atoms. The zero-order chi connectivity index (χ0) is 24.5. The summed E-state index contributed by atoms with van der Waals surface area (Å²) in [5, 5.41) is 59.8. The summed E-state index contributed by atoms with van der Waals surface area (Å²) in [6.07, 6.45) is -7.91. The molecule has 174 valence electrons. The van der Waals surface area contributed by atoms with Gasteiger partial charge in [-0.2, -0.15) is 0 Å². The van der Waals surface area contributed by atoms with Crippen LogP contribution in [0, 0.1) is 0 Å². The lowest BCUT2D eigenvalue weighted by molar-refractivity contribution is -0.178. The third-order valence-corrected chi connectivity index (χ3v) is 5.16. The van der Waals surface area contributed by atoms with E-state index in [2.05, 4.69) is 0 Å². The first kappa shape index (κ1) is 23.9. The number of phenols is 1. The molecule has 0 radical (unpaired) electrons. The summed E-state index contributed by atoms with van der Waals surface area (Å²) in [6, 6.07) is 10.2. The molecule has 3 rings (SSSR count). The molecule has 0 saturated heterocycles. The van der Waals surface area contributed by atoms with Crippen molar-refractivity contribution in [2.75, 3.05) is 7.11 Å². The van der Waals surface area contributed by atoms with E-state index in [9.17, 15) is 39.9 Å². The van der Waals surface area contributed by atoms with E-state index < -0.39 is 52.4 Å². The minimum atomic E-state index is -3.09. The van der Waals surface area contributed by atoms with E-state index in [0.29, 0.717) is 5.56 Å². The van der Waals surface area contributed by atoms with Gasteiger partial charge in [-0.05, 0) is 6.07 Å². The summed E-state index contributed by atoms with van der Waals surface area (Å²) in [5.74, 6) is -3.08. The number of methoxy groups -OCH3 is 1. The number of aldehydes is 1. The molecule has 3 aromatic rings. The Kier molecular flexibility index (Phi) is 6.51. The third kappa shape index (κ3) is 4.05. The summed E-state index contributed by atoms with van der Waals surface area (Å²) < 4.78 is 10.9. The number of aliphatic carboxylic acids is 1. The molecule has 0 aliphatic rings. The molecule has 1 heterocycles. The van der Waals surface area contributed by atoms with Crippen molar-refractivity contribution in [3.05, 3.63) is 58.3 Å². The fourth-order valence-corrected chi connectivity index (χ4v) is 3.41. The van der Waals surface area contributed by atoms with E-state index in [4.69, 9.17) is 14.3 Å². The highest BCUT2D eigenvalue weighted by molar-refractivity contribution is 5.92. The van der Waals surface area contributed by atoms with Crippen LogP contribution in [-0.4, -0.2) is 68.3 Å². The van der Waals surface area contributed by atoms with Gasteiger partial charge < -0.3 is 39.8 Å². The molecule has 0 aliphatic carbocycles. The van der Waals surface area contributed by atoms with Crippen molar-refractivity contribution in [3.8, 4) is 22.8 Å². The van der Waals surface area contributed by atoms with Gasteiger partial charge >= 0.3 is 5.97 Å². The Morgan fingerprint density at radius 1 is 1.15 bits per heavy atom. The second-order valence-electron chi connectivity index (χ2n) is 7.18. The largest absolute Gasteiger partial charge is 0.507 e. The SMILES string of the molecule is COc1c([C@](O)(C=O)[C@@H](O)[C@@H](O)[C@H](O)C(=O)O)cc(O)c2c(=O)cc(-c3ccccc3)oc12. The highest BCUT2D eigenvalue weighted by Gasteiger charge is 2.48. The number of phenolic OH excluding ortho intramolecular Hbond substituents is 1. The topological polar surface area (TPSA) is 195 Å². The molecular formula is C22H20O11. The van der Waals surface area contributed by atoms with Gasteiger partial charge in [0, 0.05) is 17.2 Å². The van der Waals surface area contributed by atoms with Crippen LogP contribution in [0.1, 0.15) is 5.56 Å². The van der Waals surface area contributed by atoms with Crippen molar-refractivity contribution in [2.45, 2.75) is 23.9 Å². The fraction of sp³-hybridized carbons (Fsp3) is 0.227. The number of aromatic hydroxyl groups is 1. The molecule has 0 spiro atoms. The first-order chi connectivity index (χ1) is 15.6. The number of hydrogen-bond donors (Lipinski definition) is 6. The first-order valence-electron chi connectivity index (χ1n) is 9.46. The van der Waals surface area contributed by atoms with Crippen LogP contribution >= 0.6 is 0 Å². The number of carboxylic acid groups (broad SMARTS) is 1. The Hall–Kier alpha value is -3.77. The minimum Gasteiger partial charge on any atom is -0.507 e. The van der Waals surface area contributed by atoms with Crippen molar-refractivity contribution >= 4 is 23.2 Å². The highest BCUT2D eigenvalue weighted by atomic mass is 16.5. The van der Waals surface area contributed by atoms with Crippen LogP contribution in [0.15, 0.2) is 51.7 Å². The molecule has 0 fully saturated rings. The van der Waals surface area contributed by atoms with Crippen molar-refractivity contribution in [3.63, 3.8) is 0 Å². The maximum atomic E-state index is 12.7. The average Bonchev–Trinajstić information content (AvgIpc) is 2.81. The van der Waals surface area contributed by atoms with Gasteiger partial charge in [-0.15, -0.1) is 0 Å². The van der Waals surface area contributed by atoms with Gasteiger partial charge in [0.1, 0.15) is 29.1 Å². The number of carbonyl (C=O) groups excluding carboxylic acids is 1. The number of carboxylic acids is 1. The summed E-state index contributed by atoms with van der Waals surface area (Å²) in [6.45, 7) is 0. The van der Waals surface area contributed by atoms with E-state index in [1.165, 1.54) is 0 Å². The van der Waals surface area contributed by atoms with Crippen LogP contribution in [0.3, 0.4) is 0 Å². The van der Waals surface area contributed by atoms with Crippen LogP contribution in [0.2, 0.25) is 0 Å². The highest BCUT2D eigenvalue weighted by Crippen LogP contribution is 2.42. The molecule has 11 nitrogen and oxygen atoms in total. The van der Waals surface area contributed by atoms with Crippen molar-refractivity contribution < 1.29 is 49.4 Å². The van der Waals surface area contributed by atoms with E-state index in [-0.39, 0.29) is 23.0 Å². The predicted molar refractivity (Wildman–Crippen MR) is 112 cm³/mol. The zero-order valence-electron chi connectivity index (χ0n) is 17.1. The van der Waals surface area contributed by atoms with E-state index in [1.54, 1.807) is 30.3 Å². The van der Waals surface area contributed by atoms with Crippen LogP contribution in [-0.2, 0) is 15.2 Å². The molecule has 0 aliphatic heterocycles. The van der Waals surface area contributed by atoms with E-state index in [0.717, 1.165) is 19.2 Å². The summed E-state index contributed by atoms with van der Waals surface area (Å²) in [4.78, 5) is 35.5. The molecule has 1 aromatic heterocycles. The second-order valence-corrected chi connectivity index (χ2v) is 7.18. The number of fused-ring (bicyclic) bond motifs is 1.